The molecular weight excluding hydrogens is 239 g/mol. The van der Waals surface area contributed by atoms with E-state index >= 15 is 0 Å². The smallest absolute Gasteiger partial charge is 0.123 e. The summed E-state index contributed by atoms with van der Waals surface area (Å²) in [5.41, 5.74) is 7.88. The zero-order chi connectivity index (χ0) is 13.2. The second-order valence-corrected chi connectivity index (χ2v) is 5.52. The van der Waals surface area contributed by atoms with E-state index in [2.05, 4.69) is 11.1 Å². The van der Waals surface area contributed by atoms with Gasteiger partial charge in [-0.2, -0.15) is 0 Å². The van der Waals surface area contributed by atoms with Crippen LogP contribution in [0.4, 0.5) is 4.39 Å². The predicted octanol–water partition coefficient (Wildman–Crippen LogP) is 3.61. The van der Waals surface area contributed by atoms with Crippen LogP contribution < -0.4 is 5.73 Å². The zero-order valence-corrected chi connectivity index (χ0v) is 11.0. The second kappa shape index (κ2) is 5.25. The fraction of sp³-hybridized carbons (Fsp3) is 0.438. The summed E-state index contributed by atoms with van der Waals surface area (Å²) >= 11 is 0. The molecule has 1 aromatic heterocycles. The van der Waals surface area contributed by atoms with Gasteiger partial charge in [-0.05, 0) is 73.9 Å². The van der Waals surface area contributed by atoms with E-state index in [1.807, 2.05) is 6.20 Å². The topological polar surface area (TPSA) is 38.9 Å². The fourth-order valence-corrected chi connectivity index (χ4v) is 3.20. The van der Waals surface area contributed by atoms with Crippen molar-refractivity contribution >= 4 is 10.9 Å². The number of pyridine rings is 1. The Morgan fingerprint density at radius 3 is 2.68 bits per heavy atom. The molecule has 0 atom stereocenters. The summed E-state index contributed by atoms with van der Waals surface area (Å²) in [4.78, 5) is 4.32. The Balaban J connectivity index is 1.94. The number of nitrogens with two attached hydrogens (primary N) is 1. The van der Waals surface area contributed by atoms with Crippen LogP contribution in [0.2, 0.25) is 0 Å². The standard InChI is InChI=1S/C16H19FN2/c17-13-5-6-16-15(9-13)14(7-8-19-16)12-3-1-11(10-18)2-4-12/h5-9,11-12H,1-4,10,18H2. The van der Waals surface area contributed by atoms with Crippen LogP contribution in [-0.2, 0) is 0 Å². The van der Waals surface area contributed by atoms with Crippen molar-refractivity contribution in [1.82, 2.24) is 4.98 Å². The van der Waals surface area contributed by atoms with Crippen LogP contribution in [0.15, 0.2) is 30.5 Å². The lowest BCUT2D eigenvalue weighted by Crippen LogP contribution is -2.20. The number of nitrogens with zero attached hydrogens (tertiary/aromatic N) is 1. The summed E-state index contributed by atoms with van der Waals surface area (Å²) in [6.45, 7) is 0.790. The highest BCUT2D eigenvalue weighted by molar-refractivity contribution is 5.82. The average molecular weight is 258 g/mol. The van der Waals surface area contributed by atoms with Crippen LogP contribution in [0.1, 0.15) is 37.2 Å². The van der Waals surface area contributed by atoms with Gasteiger partial charge < -0.3 is 5.73 Å². The van der Waals surface area contributed by atoms with Crippen LogP contribution >= 0.6 is 0 Å². The third-order valence-corrected chi connectivity index (χ3v) is 4.36. The molecule has 0 bridgehead atoms. The molecule has 100 valence electrons. The zero-order valence-electron chi connectivity index (χ0n) is 11.0. The van der Waals surface area contributed by atoms with Crippen molar-refractivity contribution in [3.63, 3.8) is 0 Å². The van der Waals surface area contributed by atoms with E-state index < -0.39 is 0 Å². The Bertz CT molecular complexity index is 574. The summed E-state index contributed by atoms with van der Waals surface area (Å²) in [6.07, 6.45) is 6.50. The molecule has 1 aliphatic rings. The summed E-state index contributed by atoms with van der Waals surface area (Å²) < 4.78 is 13.5. The van der Waals surface area contributed by atoms with E-state index in [9.17, 15) is 4.39 Å². The van der Waals surface area contributed by atoms with Crippen molar-refractivity contribution in [2.24, 2.45) is 11.7 Å². The second-order valence-electron chi connectivity index (χ2n) is 5.52. The Morgan fingerprint density at radius 1 is 1.16 bits per heavy atom. The van der Waals surface area contributed by atoms with Gasteiger partial charge in [0.2, 0.25) is 0 Å². The van der Waals surface area contributed by atoms with Gasteiger partial charge in [0.25, 0.3) is 0 Å². The molecule has 2 aromatic rings. The maximum atomic E-state index is 13.5. The lowest BCUT2D eigenvalue weighted by molar-refractivity contribution is 0.333. The molecule has 0 radical (unpaired) electrons. The van der Waals surface area contributed by atoms with Gasteiger partial charge in [-0.3, -0.25) is 4.98 Å². The predicted molar refractivity (Wildman–Crippen MR) is 75.5 cm³/mol. The number of fused-ring (bicyclic) bond motifs is 1. The van der Waals surface area contributed by atoms with Gasteiger partial charge in [0.05, 0.1) is 5.52 Å². The molecule has 0 unspecified atom stereocenters. The molecule has 0 aliphatic heterocycles. The van der Waals surface area contributed by atoms with E-state index in [1.165, 1.54) is 24.5 Å². The fourth-order valence-electron chi connectivity index (χ4n) is 3.20. The maximum Gasteiger partial charge on any atom is 0.123 e. The largest absolute Gasteiger partial charge is 0.330 e. The van der Waals surface area contributed by atoms with Crippen molar-refractivity contribution in [2.45, 2.75) is 31.6 Å². The number of halogens is 1. The van der Waals surface area contributed by atoms with E-state index in [1.54, 1.807) is 12.1 Å². The van der Waals surface area contributed by atoms with Crippen LogP contribution in [0.25, 0.3) is 10.9 Å². The average Bonchev–Trinajstić information content (AvgIpc) is 2.47. The van der Waals surface area contributed by atoms with Crippen LogP contribution in [-0.4, -0.2) is 11.5 Å². The molecule has 1 heterocycles. The number of rotatable bonds is 2. The Kier molecular flexibility index (Phi) is 3.47. The Morgan fingerprint density at radius 2 is 1.95 bits per heavy atom. The molecule has 1 aliphatic carbocycles. The summed E-state index contributed by atoms with van der Waals surface area (Å²) in [6, 6.07) is 6.91. The lowest BCUT2D eigenvalue weighted by Gasteiger charge is -2.28. The van der Waals surface area contributed by atoms with Gasteiger partial charge in [0.15, 0.2) is 0 Å². The minimum Gasteiger partial charge on any atom is -0.330 e. The van der Waals surface area contributed by atoms with Gasteiger partial charge in [-0.15, -0.1) is 0 Å². The summed E-state index contributed by atoms with van der Waals surface area (Å²) in [7, 11) is 0. The van der Waals surface area contributed by atoms with Gasteiger partial charge in [-0.1, -0.05) is 0 Å². The maximum absolute atomic E-state index is 13.5. The molecule has 1 fully saturated rings. The first-order chi connectivity index (χ1) is 9.28. The highest BCUT2D eigenvalue weighted by Gasteiger charge is 2.22. The molecule has 19 heavy (non-hydrogen) atoms. The van der Waals surface area contributed by atoms with Crippen molar-refractivity contribution in [3.8, 4) is 0 Å². The quantitative estimate of drug-likeness (QED) is 0.893. The first kappa shape index (κ1) is 12.5. The highest BCUT2D eigenvalue weighted by atomic mass is 19.1. The number of benzene rings is 1. The van der Waals surface area contributed by atoms with Gasteiger partial charge >= 0.3 is 0 Å². The minimum atomic E-state index is -0.183. The van der Waals surface area contributed by atoms with Crippen molar-refractivity contribution in [1.29, 1.82) is 0 Å². The summed E-state index contributed by atoms with van der Waals surface area (Å²) in [5.74, 6) is 1.01. The first-order valence-electron chi connectivity index (χ1n) is 7.02. The normalized spacial score (nSPS) is 23.7. The highest BCUT2D eigenvalue weighted by Crippen LogP contribution is 2.37. The first-order valence-corrected chi connectivity index (χ1v) is 7.02. The van der Waals surface area contributed by atoms with Crippen molar-refractivity contribution in [3.05, 3.63) is 41.8 Å². The molecule has 2 nitrogen and oxygen atoms in total. The lowest BCUT2D eigenvalue weighted by atomic mass is 9.78. The molecule has 0 saturated heterocycles. The van der Waals surface area contributed by atoms with Crippen molar-refractivity contribution < 1.29 is 4.39 Å². The third-order valence-electron chi connectivity index (χ3n) is 4.36. The summed E-state index contributed by atoms with van der Waals surface area (Å²) in [5, 5.41) is 0.971. The van der Waals surface area contributed by atoms with Crippen molar-refractivity contribution in [2.75, 3.05) is 6.54 Å². The molecular formula is C16H19FN2. The van der Waals surface area contributed by atoms with E-state index in [0.29, 0.717) is 11.8 Å². The van der Waals surface area contributed by atoms with Gasteiger partial charge in [0, 0.05) is 11.6 Å². The minimum absolute atomic E-state index is 0.183. The molecule has 3 rings (SSSR count). The van der Waals surface area contributed by atoms with E-state index in [-0.39, 0.29) is 5.82 Å². The molecule has 0 spiro atoms. The Hall–Kier alpha value is -1.48. The van der Waals surface area contributed by atoms with Gasteiger partial charge in [-0.25, -0.2) is 4.39 Å². The van der Waals surface area contributed by atoms with E-state index in [4.69, 9.17) is 5.73 Å². The molecule has 1 saturated carbocycles. The molecule has 1 aromatic carbocycles. The van der Waals surface area contributed by atoms with Crippen LogP contribution in [0.3, 0.4) is 0 Å². The van der Waals surface area contributed by atoms with Gasteiger partial charge in [0.1, 0.15) is 5.82 Å². The van der Waals surface area contributed by atoms with Crippen LogP contribution in [0, 0.1) is 11.7 Å². The Labute approximate surface area is 112 Å². The molecule has 0 amide bonds. The molecule has 3 heteroatoms. The van der Waals surface area contributed by atoms with Crippen LogP contribution in [0.5, 0.6) is 0 Å². The van der Waals surface area contributed by atoms with E-state index in [0.717, 1.165) is 30.3 Å². The monoisotopic (exact) mass is 258 g/mol. The SMILES string of the molecule is NCC1CCC(c2ccnc3ccc(F)cc23)CC1. The molecule has 2 N–H and O–H groups in total. The number of hydrogen-bond donors (Lipinski definition) is 1. The number of hydrogen-bond acceptors (Lipinski definition) is 2. The number of aromatic nitrogens is 1. The third kappa shape index (κ3) is 2.47.